The molecule has 2 atom stereocenters. The molecule has 1 aliphatic rings. The number of amides is 1. The van der Waals surface area contributed by atoms with E-state index in [1.807, 2.05) is 17.5 Å². The summed E-state index contributed by atoms with van der Waals surface area (Å²) in [5.74, 6) is -1.59. The molecule has 1 fully saturated rings. The third-order valence-corrected chi connectivity index (χ3v) is 4.20. The average molecular weight is 297 g/mol. The number of carbonyl (C=O) groups excluding carboxylic acids is 1. The van der Waals surface area contributed by atoms with E-state index in [1.54, 1.807) is 20.8 Å². The number of carbonyl (C=O) groups is 2. The molecular weight excluding hydrogens is 278 g/mol. The van der Waals surface area contributed by atoms with E-state index in [0.717, 1.165) is 4.88 Å². The molecule has 1 saturated heterocycles. The van der Waals surface area contributed by atoms with E-state index in [2.05, 4.69) is 0 Å². The van der Waals surface area contributed by atoms with Crippen LogP contribution in [0.25, 0.3) is 0 Å². The first-order valence-electron chi connectivity index (χ1n) is 6.52. The number of carboxylic acids is 1. The number of hydrogen-bond donors (Lipinski definition) is 1. The van der Waals surface area contributed by atoms with Gasteiger partial charge in [-0.05, 0) is 32.2 Å². The highest BCUT2D eigenvalue weighted by molar-refractivity contribution is 7.10. The van der Waals surface area contributed by atoms with Crippen LogP contribution in [-0.4, -0.2) is 40.8 Å². The minimum atomic E-state index is -0.866. The number of ether oxygens (including phenoxy) is 1. The Kier molecular flexibility index (Phi) is 4.04. The van der Waals surface area contributed by atoms with Crippen molar-refractivity contribution in [1.29, 1.82) is 0 Å². The van der Waals surface area contributed by atoms with Crippen LogP contribution in [-0.2, 0) is 9.53 Å². The molecule has 0 spiro atoms. The van der Waals surface area contributed by atoms with Crippen molar-refractivity contribution >= 4 is 23.4 Å². The summed E-state index contributed by atoms with van der Waals surface area (Å²) in [6, 6.07) is 3.82. The molecule has 1 aromatic heterocycles. The van der Waals surface area contributed by atoms with E-state index in [9.17, 15) is 14.7 Å². The van der Waals surface area contributed by atoms with Gasteiger partial charge in [-0.15, -0.1) is 11.3 Å². The fraction of sp³-hybridized carbons (Fsp3) is 0.571. The number of nitrogens with zero attached hydrogens (tertiary/aromatic N) is 1. The molecule has 20 heavy (non-hydrogen) atoms. The summed E-state index contributed by atoms with van der Waals surface area (Å²) in [4.78, 5) is 25.9. The van der Waals surface area contributed by atoms with Gasteiger partial charge in [0.05, 0.1) is 5.92 Å². The van der Waals surface area contributed by atoms with Crippen LogP contribution in [0.2, 0.25) is 0 Å². The fourth-order valence-corrected chi connectivity index (χ4v) is 3.21. The van der Waals surface area contributed by atoms with Crippen LogP contribution in [0.15, 0.2) is 17.5 Å². The van der Waals surface area contributed by atoms with Crippen LogP contribution < -0.4 is 0 Å². The van der Waals surface area contributed by atoms with Gasteiger partial charge >= 0.3 is 12.1 Å². The molecule has 1 amide bonds. The van der Waals surface area contributed by atoms with Gasteiger partial charge in [-0.1, -0.05) is 6.07 Å². The first-order chi connectivity index (χ1) is 9.28. The van der Waals surface area contributed by atoms with Crippen LogP contribution in [0.4, 0.5) is 4.79 Å². The van der Waals surface area contributed by atoms with Crippen LogP contribution >= 0.6 is 11.3 Å². The summed E-state index contributed by atoms with van der Waals surface area (Å²) in [6.45, 7) is 5.99. The van der Waals surface area contributed by atoms with Gasteiger partial charge in [0.1, 0.15) is 5.60 Å². The number of aliphatic carboxylic acids is 1. The topological polar surface area (TPSA) is 66.8 Å². The van der Waals surface area contributed by atoms with Gasteiger partial charge in [-0.3, -0.25) is 4.79 Å². The monoisotopic (exact) mass is 297 g/mol. The second-order valence-corrected chi connectivity index (χ2v) is 6.93. The zero-order valence-corrected chi connectivity index (χ0v) is 12.6. The second-order valence-electron chi connectivity index (χ2n) is 5.95. The SMILES string of the molecule is CC(C)(C)OC(=O)N1CC(c2cccs2)[C@@H](C(=O)O)C1. The van der Waals surface area contributed by atoms with Crippen LogP contribution in [0.5, 0.6) is 0 Å². The molecule has 1 aromatic rings. The summed E-state index contributed by atoms with van der Waals surface area (Å²) in [5, 5.41) is 11.3. The lowest BCUT2D eigenvalue weighted by atomic mass is 9.95. The molecule has 2 heterocycles. The van der Waals surface area contributed by atoms with Gasteiger partial charge < -0.3 is 14.7 Å². The maximum Gasteiger partial charge on any atom is 0.410 e. The minimum absolute atomic E-state index is 0.153. The van der Waals surface area contributed by atoms with E-state index in [4.69, 9.17) is 4.74 Å². The lowest BCUT2D eigenvalue weighted by molar-refractivity contribution is -0.141. The van der Waals surface area contributed by atoms with Gasteiger partial charge in [0.15, 0.2) is 0 Å². The molecule has 1 aliphatic heterocycles. The first-order valence-corrected chi connectivity index (χ1v) is 7.40. The summed E-state index contributed by atoms with van der Waals surface area (Å²) in [6.07, 6.45) is -0.442. The van der Waals surface area contributed by atoms with Crippen molar-refractivity contribution < 1.29 is 19.4 Å². The second kappa shape index (κ2) is 5.44. The third-order valence-electron chi connectivity index (χ3n) is 3.20. The number of hydrogen-bond acceptors (Lipinski definition) is 4. The molecule has 1 N–H and O–H groups in total. The van der Waals surface area contributed by atoms with Crippen LogP contribution in [0.3, 0.4) is 0 Å². The van der Waals surface area contributed by atoms with E-state index in [-0.39, 0.29) is 12.5 Å². The van der Waals surface area contributed by atoms with Gasteiger partial charge in [-0.25, -0.2) is 4.79 Å². The maximum absolute atomic E-state index is 12.1. The summed E-state index contributed by atoms with van der Waals surface area (Å²) < 4.78 is 5.31. The van der Waals surface area contributed by atoms with Crippen molar-refractivity contribution in [1.82, 2.24) is 4.90 Å². The Hall–Kier alpha value is -1.56. The molecule has 6 heteroatoms. The van der Waals surface area contributed by atoms with Crippen molar-refractivity contribution in [2.75, 3.05) is 13.1 Å². The van der Waals surface area contributed by atoms with Gasteiger partial charge in [0.25, 0.3) is 0 Å². The Bertz CT molecular complexity index is 492. The predicted octanol–water partition coefficient (Wildman–Crippen LogP) is 2.78. The summed E-state index contributed by atoms with van der Waals surface area (Å²) in [5.41, 5.74) is -0.573. The van der Waals surface area contributed by atoms with E-state index in [1.165, 1.54) is 16.2 Å². The normalized spacial score (nSPS) is 22.9. The van der Waals surface area contributed by atoms with E-state index >= 15 is 0 Å². The predicted molar refractivity (Wildman–Crippen MR) is 76.0 cm³/mol. The van der Waals surface area contributed by atoms with Crippen molar-refractivity contribution in [2.45, 2.75) is 32.3 Å². The molecule has 0 radical (unpaired) electrons. The standard InChI is InChI=1S/C14H19NO4S/c1-14(2,3)19-13(18)15-7-9(10(8-15)12(16)17)11-5-4-6-20-11/h4-6,9-10H,7-8H2,1-3H3,(H,16,17)/t9?,10-/m0/s1. The molecule has 1 unspecified atom stereocenters. The highest BCUT2D eigenvalue weighted by Crippen LogP contribution is 2.35. The third kappa shape index (κ3) is 3.30. The maximum atomic E-state index is 12.1. The lowest BCUT2D eigenvalue weighted by Gasteiger charge is -2.24. The summed E-state index contributed by atoms with van der Waals surface area (Å²) in [7, 11) is 0. The Balaban J connectivity index is 2.12. The molecule has 110 valence electrons. The van der Waals surface area contributed by atoms with Gasteiger partial charge in [0.2, 0.25) is 0 Å². The van der Waals surface area contributed by atoms with E-state index in [0.29, 0.717) is 6.54 Å². The molecule has 0 aliphatic carbocycles. The Morgan fingerprint density at radius 1 is 1.40 bits per heavy atom. The Morgan fingerprint density at radius 2 is 2.10 bits per heavy atom. The number of thiophene rings is 1. The molecule has 0 saturated carbocycles. The summed E-state index contributed by atoms with van der Waals surface area (Å²) >= 11 is 1.53. The van der Waals surface area contributed by atoms with Crippen molar-refractivity contribution in [2.24, 2.45) is 5.92 Å². The van der Waals surface area contributed by atoms with Gasteiger partial charge in [-0.2, -0.15) is 0 Å². The minimum Gasteiger partial charge on any atom is -0.481 e. The largest absolute Gasteiger partial charge is 0.481 e. The number of rotatable bonds is 2. The van der Waals surface area contributed by atoms with Crippen molar-refractivity contribution in [3.05, 3.63) is 22.4 Å². The van der Waals surface area contributed by atoms with Crippen molar-refractivity contribution in [3.8, 4) is 0 Å². The number of carboxylic acid groups (broad SMARTS) is 1. The quantitative estimate of drug-likeness (QED) is 0.911. The highest BCUT2D eigenvalue weighted by Gasteiger charge is 2.42. The Labute approximate surface area is 122 Å². The molecular formula is C14H19NO4S. The lowest BCUT2D eigenvalue weighted by Crippen LogP contribution is -2.35. The smallest absolute Gasteiger partial charge is 0.410 e. The zero-order valence-electron chi connectivity index (χ0n) is 11.8. The molecule has 0 bridgehead atoms. The van der Waals surface area contributed by atoms with E-state index < -0.39 is 23.6 Å². The first kappa shape index (κ1) is 14.8. The zero-order chi connectivity index (χ0) is 14.9. The highest BCUT2D eigenvalue weighted by atomic mass is 32.1. The van der Waals surface area contributed by atoms with Gasteiger partial charge in [0, 0.05) is 23.9 Å². The fourth-order valence-electron chi connectivity index (χ4n) is 2.32. The average Bonchev–Trinajstić information content (AvgIpc) is 2.95. The van der Waals surface area contributed by atoms with Crippen molar-refractivity contribution in [3.63, 3.8) is 0 Å². The molecule has 2 rings (SSSR count). The Morgan fingerprint density at radius 3 is 2.60 bits per heavy atom. The van der Waals surface area contributed by atoms with Crippen LogP contribution in [0.1, 0.15) is 31.6 Å². The van der Waals surface area contributed by atoms with Crippen LogP contribution in [0, 0.1) is 5.92 Å². The molecule has 5 nitrogen and oxygen atoms in total. The molecule has 0 aromatic carbocycles. The number of likely N-dealkylation sites (tertiary alicyclic amines) is 1.